The van der Waals surface area contributed by atoms with Crippen LogP contribution in [0.1, 0.15) is 66.3 Å². The van der Waals surface area contributed by atoms with Crippen molar-refractivity contribution >= 4 is 28.7 Å². The minimum Gasteiger partial charge on any atom is -0.340 e. The van der Waals surface area contributed by atoms with Crippen LogP contribution in [-0.2, 0) is 5.75 Å². The first-order valence-corrected chi connectivity index (χ1v) is 11.9. The van der Waals surface area contributed by atoms with Crippen LogP contribution in [0.15, 0.2) is 58.2 Å². The fraction of sp³-hybridized carbons (Fsp3) is 0.333. The minimum absolute atomic E-state index is 0.130. The van der Waals surface area contributed by atoms with Crippen molar-refractivity contribution in [2.45, 2.75) is 49.6 Å². The maximum atomic E-state index is 12.9. The lowest BCUT2D eigenvalue weighted by Crippen LogP contribution is -2.32. The number of aromatic nitrogens is 4. The van der Waals surface area contributed by atoms with Crippen molar-refractivity contribution in [1.82, 2.24) is 25.4 Å². The molecule has 0 aliphatic heterocycles. The molecule has 1 aliphatic carbocycles. The standard InChI is InChI=1S/C24H25N5O2S/c1-14(2)20(23-28-21(29-31-23)16-11-12-16)27-22(30)17-9-7-15(8-10-17)13-32-24-25-18-5-3-4-6-19(18)26-24/h3-10,14,16,20H,11-13H2,1-2H3,(H,25,26)(H,27,30). The van der Waals surface area contributed by atoms with Gasteiger partial charge in [-0.2, -0.15) is 4.98 Å². The number of H-pyrrole nitrogens is 1. The molecule has 1 atom stereocenters. The summed E-state index contributed by atoms with van der Waals surface area (Å²) < 4.78 is 5.45. The number of hydrogen-bond donors (Lipinski definition) is 2. The van der Waals surface area contributed by atoms with Gasteiger partial charge in [0.1, 0.15) is 6.04 Å². The summed E-state index contributed by atoms with van der Waals surface area (Å²) in [5.74, 6) is 2.40. The van der Waals surface area contributed by atoms with Gasteiger partial charge in [-0.1, -0.05) is 55.0 Å². The average molecular weight is 448 g/mol. The van der Waals surface area contributed by atoms with E-state index in [1.807, 2.05) is 62.4 Å². The molecule has 32 heavy (non-hydrogen) atoms. The van der Waals surface area contributed by atoms with Gasteiger partial charge in [0.2, 0.25) is 5.89 Å². The largest absolute Gasteiger partial charge is 0.340 e. The molecule has 5 rings (SSSR count). The Hall–Kier alpha value is -3.13. The fourth-order valence-corrected chi connectivity index (χ4v) is 4.36. The van der Waals surface area contributed by atoms with E-state index in [0.717, 1.165) is 46.2 Å². The van der Waals surface area contributed by atoms with Crippen molar-refractivity contribution in [2.75, 3.05) is 0 Å². The summed E-state index contributed by atoms with van der Waals surface area (Å²) in [6, 6.07) is 15.3. The Balaban J connectivity index is 1.21. The fourth-order valence-electron chi connectivity index (χ4n) is 3.52. The smallest absolute Gasteiger partial charge is 0.251 e. The molecule has 0 spiro atoms. The number of amides is 1. The van der Waals surface area contributed by atoms with E-state index in [0.29, 0.717) is 17.4 Å². The molecular formula is C24H25N5O2S. The van der Waals surface area contributed by atoms with Gasteiger partial charge in [0.25, 0.3) is 5.91 Å². The molecule has 0 saturated heterocycles. The number of fused-ring (bicyclic) bond motifs is 1. The zero-order valence-electron chi connectivity index (χ0n) is 18.0. The second kappa shape index (κ2) is 8.78. The van der Waals surface area contributed by atoms with Crippen LogP contribution in [0.2, 0.25) is 0 Å². The van der Waals surface area contributed by atoms with E-state index in [1.165, 1.54) is 0 Å². The van der Waals surface area contributed by atoms with E-state index in [1.54, 1.807) is 11.8 Å². The summed E-state index contributed by atoms with van der Waals surface area (Å²) in [7, 11) is 0. The maximum absolute atomic E-state index is 12.9. The van der Waals surface area contributed by atoms with Gasteiger partial charge in [-0.25, -0.2) is 4.98 Å². The van der Waals surface area contributed by atoms with E-state index in [4.69, 9.17) is 4.52 Å². The highest BCUT2D eigenvalue weighted by Gasteiger charge is 2.31. The topological polar surface area (TPSA) is 96.7 Å². The Morgan fingerprint density at radius 1 is 1.16 bits per heavy atom. The lowest BCUT2D eigenvalue weighted by Gasteiger charge is -2.18. The van der Waals surface area contributed by atoms with E-state index < -0.39 is 0 Å². The summed E-state index contributed by atoms with van der Waals surface area (Å²) in [5.41, 5.74) is 3.73. The summed E-state index contributed by atoms with van der Waals surface area (Å²) in [5, 5.41) is 8.03. The van der Waals surface area contributed by atoms with Crippen molar-refractivity contribution in [3.8, 4) is 0 Å². The van der Waals surface area contributed by atoms with Crippen LogP contribution in [0.3, 0.4) is 0 Å². The molecule has 2 aromatic heterocycles. The van der Waals surface area contributed by atoms with Crippen LogP contribution < -0.4 is 5.32 Å². The Morgan fingerprint density at radius 2 is 1.94 bits per heavy atom. The monoisotopic (exact) mass is 447 g/mol. The van der Waals surface area contributed by atoms with Crippen LogP contribution in [0, 0.1) is 5.92 Å². The van der Waals surface area contributed by atoms with Gasteiger partial charge in [-0.05, 0) is 48.6 Å². The molecule has 2 aromatic carbocycles. The molecule has 2 N–H and O–H groups in total. The minimum atomic E-state index is -0.314. The molecule has 2 heterocycles. The van der Waals surface area contributed by atoms with E-state index in [2.05, 4.69) is 25.4 Å². The van der Waals surface area contributed by atoms with Crippen LogP contribution in [0.25, 0.3) is 11.0 Å². The van der Waals surface area contributed by atoms with Gasteiger partial charge in [0.15, 0.2) is 11.0 Å². The summed E-state index contributed by atoms with van der Waals surface area (Å²) >= 11 is 1.64. The molecule has 1 amide bonds. The molecule has 164 valence electrons. The number of rotatable bonds is 8. The van der Waals surface area contributed by atoms with E-state index in [-0.39, 0.29) is 17.9 Å². The van der Waals surface area contributed by atoms with Gasteiger partial charge < -0.3 is 14.8 Å². The summed E-state index contributed by atoms with van der Waals surface area (Å²) in [6.07, 6.45) is 2.22. The number of nitrogens with one attached hydrogen (secondary N) is 2. The SMILES string of the molecule is CC(C)C(NC(=O)c1ccc(CSc2nc3ccccc3[nH]2)cc1)c1nc(C2CC2)no1. The van der Waals surface area contributed by atoms with Crippen LogP contribution in [-0.4, -0.2) is 26.0 Å². The molecule has 0 bridgehead atoms. The quantitative estimate of drug-likeness (QED) is 0.359. The van der Waals surface area contributed by atoms with Crippen molar-refractivity contribution in [1.29, 1.82) is 0 Å². The molecule has 4 aromatic rings. The first-order chi connectivity index (χ1) is 15.6. The predicted molar refractivity (Wildman–Crippen MR) is 123 cm³/mol. The Bertz CT molecular complexity index is 1190. The zero-order valence-corrected chi connectivity index (χ0v) is 18.9. The maximum Gasteiger partial charge on any atom is 0.251 e. The normalized spacial score (nSPS) is 14.7. The summed E-state index contributed by atoms with van der Waals surface area (Å²) in [6.45, 7) is 4.06. The van der Waals surface area contributed by atoms with Crippen molar-refractivity contribution in [3.05, 3.63) is 71.4 Å². The van der Waals surface area contributed by atoms with Gasteiger partial charge >= 0.3 is 0 Å². The average Bonchev–Trinajstić information content (AvgIpc) is 3.38. The number of para-hydroxylation sites is 2. The number of hydrogen-bond acceptors (Lipinski definition) is 6. The van der Waals surface area contributed by atoms with Crippen LogP contribution in [0.4, 0.5) is 0 Å². The first kappa shape index (κ1) is 20.8. The third-order valence-electron chi connectivity index (χ3n) is 5.58. The van der Waals surface area contributed by atoms with Crippen molar-refractivity contribution in [2.24, 2.45) is 5.92 Å². The van der Waals surface area contributed by atoms with Gasteiger partial charge in [0.05, 0.1) is 11.0 Å². The second-order valence-corrected chi connectivity index (χ2v) is 9.47. The Labute approximate surface area is 190 Å². The first-order valence-electron chi connectivity index (χ1n) is 10.9. The number of carbonyl (C=O) groups excluding carboxylic acids is 1. The van der Waals surface area contributed by atoms with E-state index >= 15 is 0 Å². The lowest BCUT2D eigenvalue weighted by molar-refractivity contribution is 0.0914. The Kier molecular flexibility index (Phi) is 5.70. The number of thioether (sulfide) groups is 1. The third-order valence-corrected chi connectivity index (χ3v) is 6.52. The molecule has 1 unspecified atom stereocenters. The number of imidazole rings is 1. The second-order valence-electron chi connectivity index (χ2n) is 8.50. The molecule has 1 saturated carbocycles. The highest BCUT2D eigenvalue weighted by molar-refractivity contribution is 7.98. The zero-order chi connectivity index (χ0) is 22.1. The number of carbonyl (C=O) groups is 1. The molecule has 1 aliphatic rings. The van der Waals surface area contributed by atoms with Gasteiger partial charge in [0, 0.05) is 17.2 Å². The predicted octanol–water partition coefficient (Wildman–Crippen LogP) is 5.24. The van der Waals surface area contributed by atoms with Crippen LogP contribution >= 0.6 is 11.8 Å². The third kappa shape index (κ3) is 4.55. The lowest BCUT2D eigenvalue weighted by atomic mass is 10.0. The van der Waals surface area contributed by atoms with E-state index in [9.17, 15) is 4.79 Å². The highest BCUT2D eigenvalue weighted by Crippen LogP contribution is 2.38. The Morgan fingerprint density at radius 3 is 2.66 bits per heavy atom. The van der Waals surface area contributed by atoms with Gasteiger partial charge in [-0.3, -0.25) is 4.79 Å². The van der Waals surface area contributed by atoms with Gasteiger partial charge in [-0.15, -0.1) is 0 Å². The highest BCUT2D eigenvalue weighted by atomic mass is 32.2. The van der Waals surface area contributed by atoms with Crippen LogP contribution in [0.5, 0.6) is 0 Å². The summed E-state index contributed by atoms with van der Waals surface area (Å²) in [4.78, 5) is 25.3. The number of benzene rings is 2. The molecule has 0 radical (unpaired) electrons. The molecular weight excluding hydrogens is 422 g/mol. The molecule has 1 fully saturated rings. The van der Waals surface area contributed by atoms with Crippen molar-refractivity contribution in [3.63, 3.8) is 0 Å². The molecule has 7 nitrogen and oxygen atoms in total. The number of nitrogens with zero attached hydrogens (tertiary/aromatic N) is 3. The van der Waals surface area contributed by atoms with Crippen molar-refractivity contribution < 1.29 is 9.32 Å². The molecule has 8 heteroatoms. The number of aromatic amines is 1.